The van der Waals surface area contributed by atoms with Crippen molar-refractivity contribution in [3.05, 3.63) is 83.5 Å². The Bertz CT molecular complexity index is 1700. The first kappa shape index (κ1) is 29.0. The second-order valence-corrected chi connectivity index (χ2v) is 10.5. The predicted octanol–water partition coefficient (Wildman–Crippen LogP) is 4.26. The number of carbonyl (C=O) groups is 1. The van der Waals surface area contributed by atoms with Crippen LogP contribution in [0.3, 0.4) is 0 Å². The Morgan fingerprint density at radius 3 is 2.65 bits per heavy atom. The lowest BCUT2D eigenvalue weighted by Gasteiger charge is -2.25. The van der Waals surface area contributed by atoms with Crippen LogP contribution < -0.4 is 29.1 Å². The van der Waals surface area contributed by atoms with E-state index in [1.165, 1.54) is 23.0 Å². The zero-order chi connectivity index (χ0) is 29.0. The SMILES string of the molecule is C#CCOc1ccc(Cl)cc1/C=c1/sc2n(c1=O)[C@H](c1ccc(OC(C)C)c(OC)c1)C(C(=O)OCC)=C(C)N=2. The largest absolute Gasteiger partial charge is 0.493 e. The topological polar surface area (TPSA) is 88.3 Å². The third-order valence-corrected chi connectivity index (χ3v) is 7.17. The summed E-state index contributed by atoms with van der Waals surface area (Å²) in [6, 6.07) is 9.60. The van der Waals surface area contributed by atoms with Gasteiger partial charge >= 0.3 is 5.97 Å². The number of esters is 1. The van der Waals surface area contributed by atoms with E-state index in [2.05, 4.69) is 10.9 Å². The van der Waals surface area contributed by atoms with Crippen LogP contribution in [0.25, 0.3) is 6.08 Å². The summed E-state index contributed by atoms with van der Waals surface area (Å²) in [4.78, 5) is 32.2. The molecular weight excluding hydrogens is 552 g/mol. The maximum atomic E-state index is 14.0. The molecule has 1 aliphatic rings. The van der Waals surface area contributed by atoms with Crippen molar-refractivity contribution in [2.24, 2.45) is 4.99 Å². The number of halogens is 1. The van der Waals surface area contributed by atoms with Crippen LogP contribution in [0.15, 0.2) is 57.5 Å². The van der Waals surface area contributed by atoms with E-state index >= 15 is 0 Å². The Hall–Kier alpha value is -4.00. The first-order valence-corrected chi connectivity index (χ1v) is 13.8. The zero-order valence-corrected chi connectivity index (χ0v) is 24.4. The summed E-state index contributed by atoms with van der Waals surface area (Å²) in [5.41, 5.74) is 1.61. The van der Waals surface area contributed by atoms with Crippen molar-refractivity contribution < 1.29 is 23.7 Å². The lowest BCUT2D eigenvalue weighted by Crippen LogP contribution is -2.40. The highest BCUT2D eigenvalue weighted by Gasteiger charge is 2.34. The highest BCUT2D eigenvalue weighted by Crippen LogP contribution is 2.36. The number of hydrogen-bond acceptors (Lipinski definition) is 8. The molecule has 1 aliphatic heterocycles. The van der Waals surface area contributed by atoms with Crippen LogP contribution >= 0.6 is 22.9 Å². The maximum Gasteiger partial charge on any atom is 0.338 e. The van der Waals surface area contributed by atoms with Gasteiger partial charge in [0, 0.05) is 10.6 Å². The van der Waals surface area contributed by atoms with Crippen LogP contribution in [0.4, 0.5) is 0 Å². The number of hydrogen-bond donors (Lipinski definition) is 0. The Morgan fingerprint density at radius 1 is 1.23 bits per heavy atom. The van der Waals surface area contributed by atoms with Gasteiger partial charge in [-0.05, 0) is 69.7 Å². The summed E-state index contributed by atoms with van der Waals surface area (Å²) in [7, 11) is 1.54. The molecule has 0 saturated carbocycles. The standard InChI is InChI=1S/C30H29ClN2O6S/c1-7-13-38-22-12-10-21(31)14-20(22)16-25-28(34)33-27(19-9-11-23(39-17(3)4)24(15-19)36-6)26(29(35)37-8-2)18(5)32-30(33)40-25/h1,9-12,14-17,27H,8,13H2,2-6H3/b25-16+/t27-/m1/s1. The van der Waals surface area contributed by atoms with Gasteiger partial charge in [-0.3, -0.25) is 9.36 Å². The van der Waals surface area contributed by atoms with E-state index in [9.17, 15) is 9.59 Å². The van der Waals surface area contributed by atoms with E-state index in [0.29, 0.717) is 48.4 Å². The Kier molecular flexibility index (Phi) is 9.03. The van der Waals surface area contributed by atoms with Crippen molar-refractivity contribution in [2.45, 2.75) is 39.8 Å². The summed E-state index contributed by atoms with van der Waals surface area (Å²) in [5, 5.41) is 0.473. The molecular formula is C30H29ClN2O6S. The molecule has 0 aliphatic carbocycles. The van der Waals surface area contributed by atoms with Crippen molar-refractivity contribution in [1.82, 2.24) is 4.57 Å². The molecule has 0 N–H and O–H groups in total. The molecule has 0 unspecified atom stereocenters. The summed E-state index contributed by atoms with van der Waals surface area (Å²) < 4.78 is 24.4. The third-order valence-electron chi connectivity index (χ3n) is 5.95. The lowest BCUT2D eigenvalue weighted by molar-refractivity contribution is -0.139. The number of fused-ring (bicyclic) bond motifs is 1. The number of aromatic nitrogens is 1. The van der Waals surface area contributed by atoms with E-state index < -0.39 is 12.0 Å². The molecule has 3 aromatic rings. The molecule has 1 aromatic heterocycles. The van der Waals surface area contributed by atoms with Crippen molar-refractivity contribution >= 4 is 35.0 Å². The zero-order valence-electron chi connectivity index (χ0n) is 22.8. The van der Waals surface area contributed by atoms with Gasteiger partial charge in [0.15, 0.2) is 16.3 Å². The Morgan fingerprint density at radius 2 is 1.98 bits per heavy atom. The van der Waals surface area contributed by atoms with Gasteiger partial charge in [-0.25, -0.2) is 9.79 Å². The number of nitrogens with zero attached hydrogens (tertiary/aromatic N) is 2. The second kappa shape index (κ2) is 12.5. The smallest absolute Gasteiger partial charge is 0.338 e. The van der Waals surface area contributed by atoms with Crippen LogP contribution in [0.2, 0.25) is 5.02 Å². The summed E-state index contributed by atoms with van der Waals surface area (Å²) in [5.74, 6) is 3.39. The molecule has 2 aromatic carbocycles. The normalized spacial score (nSPS) is 14.8. The van der Waals surface area contributed by atoms with Crippen molar-refractivity contribution in [2.75, 3.05) is 20.3 Å². The molecule has 0 radical (unpaired) electrons. The number of rotatable bonds is 9. The fourth-order valence-corrected chi connectivity index (χ4v) is 5.55. The molecule has 0 bridgehead atoms. The van der Waals surface area contributed by atoms with Gasteiger partial charge < -0.3 is 18.9 Å². The van der Waals surface area contributed by atoms with Crippen molar-refractivity contribution in [1.29, 1.82) is 0 Å². The third kappa shape index (κ3) is 5.93. The first-order chi connectivity index (χ1) is 19.2. The molecule has 4 rings (SSSR count). The van der Waals surface area contributed by atoms with Gasteiger partial charge in [0.25, 0.3) is 5.56 Å². The minimum atomic E-state index is -0.809. The van der Waals surface area contributed by atoms with Gasteiger partial charge in [-0.15, -0.1) is 6.42 Å². The highest BCUT2D eigenvalue weighted by molar-refractivity contribution is 7.07. The molecule has 1 atom stereocenters. The van der Waals surface area contributed by atoms with Crippen LogP contribution in [-0.4, -0.2) is 37.0 Å². The van der Waals surface area contributed by atoms with Gasteiger partial charge in [-0.2, -0.15) is 0 Å². The molecule has 208 valence electrons. The van der Waals surface area contributed by atoms with Crippen LogP contribution in [0.1, 0.15) is 44.9 Å². The average Bonchev–Trinajstić information content (AvgIpc) is 3.21. The number of carbonyl (C=O) groups excluding carboxylic acids is 1. The number of benzene rings is 2. The fourth-order valence-electron chi connectivity index (χ4n) is 4.34. The summed E-state index contributed by atoms with van der Waals surface area (Å²) in [6.07, 6.45) is 6.97. The van der Waals surface area contributed by atoms with Gasteiger partial charge in [-0.1, -0.05) is 34.9 Å². The maximum absolute atomic E-state index is 14.0. The molecule has 0 amide bonds. The quantitative estimate of drug-likeness (QED) is 0.278. The number of thiazole rings is 1. The van der Waals surface area contributed by atoms with E-state index in [-0.39, 0.29) is 30.5 Å². The summed E-state index contributed by atoms with van der Waals surface area (Å²) >= 11 is 7.44. The molecule has 2 heterocycles. The molecule has 0 saturated heterocycles. The molecule has 10 heteroatoms. The molecule has 0 spiro atoms. The Labute approximate surface area is 241 Å². The number of methoxy groups -OCH3 is 1. The first-order valence-electron chi connectivity index (χ1n) is 12.6. The van der Waals surface area contributed by atoms with Crippen LogP contribution in [-0.2, 0) is 9.53 Å². The second-order valence-electron chi connectivity index (χ2n) is 9.05. The van der Waals surface area contributed by atoms with E-state index in [4.69, 9.17) is 37.0 Å². The highest BCUT2D eigenvalue weighted by atomic mass is 35.5. The lowest BCUT2D eigenvalue weighted by atomic mass is 9.95. The summed E-state index contributed by atoms with van der Waals surface area (Å²) in [6.45, 7) is 7.52. The molecule has 0 fully saturated rings. The average molecular weight is 581 g/mol. The monoisotopic (exact) mass is 580 g/mol. The number of terminal acetylenes is 1. The van der Waals surface area contributed by atoms with Crippen molar-refractivity contribution in [3.8, 4) is 29.6 Å². The van der Waals surface area contributed by atoms with Gasteiger partial charge in [0.2, 0.25) is 0 Å². The minimum Gasteiger partial charge on any atom is -0.493 e. The van der Waals surface area contributed by atoms with Gasteiger partial charge in [0.1, 0.15) is 12.4 Å². The van der Waals surface area contributed by atoms with Crippen LogP contribution in [0.5, 0.6) is 17.2 Å². The van der Waals surface area contributed by atoms with E-state index in [0.717, 1.165) is 0 Å². The molecule has 8 nitrogen and oxygen atoms in total. The van der Waals surface area contributed by atoms with E-state index in [1.54, 1.807) is 50.3 Å². The predicted molar refractivity (Wildman–Crippen MR) is 155 cm³/mol. The number of ether oxygens (including phenoxy) is 4. The van der Waals surface area contributed by atoms with Crippen molar-refractivity contribution in [3.63, 3.8) is 0 Å². The number of allylic oxidation sites excluding steroid dienone is 1. The fraction of sp³-hybridized carbons (Fsp3) is 0.300. The minimum absolute atomic E-state index is 0.0597. The van der Waals surface area contributed by atoms with E-state index in [1.807, 2.05) is 19.9 Å². The Balaban J connectivity index is 1.95. The van der Waals surface area contributed by atoms with Gasteiger partial charge in [0.05, 0.1) is 41.7 Å². The van der Waals surface area contributed by atoms with Crippen LogP contribution in [0, 0.1) is 12.3 Å². The molecule has 40 heavy (non-hydrogen) atoms.